The minimum atomic E-state index is -0.442. The van der Waals surface area contributed by atoms with Crippen LogP contribution in [0.4, 0.5) is 0 Å². The molecular formula is C21H19Cl2N3O4S. The molecule has 3 aromatic rings. The van der Waals surface area contributed by atoms with Gasteiger partial charge in [0.2, 0.25) is 4.96 Å². The Bertz CT molecular complexity index is 1320. The molecule has 1 aromatic carbocycles. The highest BCUT2D eigenvalue weighted by Crippen LogP contribution is 2.64. The third-order valence-corrected chi connectivity index (χ3v) is 6.64. The van der Waals surface area contributed by atoms with Crippen molar-refractivity contribution in [3.8, 4) is 11.5 Å². The molecule has 0 aliphatic heterocycles. The van der Waals surface area contributed by atoms with Crippen LogP contribution < -0.4 is 19.6 Å². The first-order valence-corrected chi connectivity index (χ1v) is 11.0. The molecule has 7 nitrogen and oxygen atoms in total. The van der Waals surface area contributed by atoms with Crippen LogP contribution in [-0.4, -0.2) is 27.7 Å². The second kappa shape index (κ2) is 7.93. The highest BCUT2D eigenvalue weighted by molar-refractivity contribution is 7.15. The van der Waals surface area contributed by atoms with Gasteiger partial charge in [-0.15, -0.1) is 5.10 Å². The number of carbonyl (C=O) groups excluding carboxylic acids is 1. The number of rotatable bonds is 5. The molecule has 2 aromatic heterocycles. The number of fused-ring (bicyclic) bond motifs is 1. The van der Waals surface area contributed by atoms with Gasteiger partial charge in [-0.2, -0.15) is 4.52 Å². The van der Waals surface area contributed by atoms with E-state index in [0.717, 1.165) is 5.56 Å². The molecule has 162 valence electrons. The Balaban J connectivity index is 1.68. The first kappa shape index (κ1) is 21.8. The summed E-state index contributed by atoms with van der Waals surface area (Å²) in [4.78, 5) is 29.2. The number of methoxy groups -OCH3 is 1. The van der Waals surface area contributed by atoms with Gasteiger partial charge in [0.1, 0.15) is 4.49 Å². The Morgan fingerprint density at radius 1 is 1.29 bits per heavy atom. The van der Waals surface area contributed by atoms with Crippen LogP contribution in [0.5, 0.6) is 11.5 Å². The molecule has 0 spiro atoms. The number of ether oxygens (including phenoxy) is 2. The van der Waals surface area contributed by atoms with Crippen molar-refractivity contribution in [1.82, 2.24) is 14.6 Å². The predicted molar refractivity (Wildman–Crippen MR) is 120 cm³/mol. The van der Waals surface area contributed by atoms with Gasteiger partial charge in [-0.1, -0.05) is 54.5 Å². The van der Waals surface area contributed by atoms with Gasteiger partial charge in [0.25, 0.3) is 5.56 Å². The van der Waals surface area contributed by atoms with Gasteiger partial charge in [-0.05, 0) is 41.2 Å². The monoisotopic (exact) mass is 479 g/mol. The fraction of sp³-hybridized carbons (Fsp3) is 0.333. The summed E-state index contributed by atoms with van der Waals surface area (Å²) in [6.45, 7) is 5.50. The maximum Gasteiger partial charge on any atom is 0.308 e. The Labute approximate surface area is 191 Å². The summed E-state index contributed by atoms with van der Waals surface area (Å²) >= 11 is 12.9. The number of thiazole rings is 1. The molecule has 0 saturated heterocycles. The van der Waals surface area contributed by atoms with Crippen molar-refractivity contribution in [3.63, 3.8) is 0 Å². The molecule has 0 unspecified atom stereocenters. The number of nitrogens with zero attached hydrogens (tertiary/aromatic N) is 3. The van der Waals surface area contributed by atoms with Crippen LogP contribution in [0.25, 0.3) is 11.0 Å². The quantitative estimate of drug-likeness (QED) is 0.409. The molecule has 1 saturated carbocycles. The molecule has 1 aliphatic carbocycles. The third-order valence-electron chi connectivity index (χ3n) is 5.43. The van der Waals surface area contributed by atoms with E-state index >= 15 is 0 Å². The van der Waals surface area contributed by atoms with Crippen LogP contribution in [0, 0.1) is 11.3 Å². The van der Waals surface area contributed by atoms with E-state index in [0.29, 0.717) is 26.8 Å². The average Bonchev–Trinajstić information content (AvgIpc) is 2.95. The number of aromatic nitrogens is 3. The van der Waals surface area contributed by atoms with Gasteiger partial charge >= 0.3 is 5.97 Å². The van der Waals surface area contributed by atoms with Crippen LogP contribution in [0.3, 0.4) is 0 Å². The second-order valence-electron chi connectivity index (χ2n) is 7.87. The molecule has 2 atom stereocenters. The fourth-order valence-electron chi connectivity index (χ4n) is 3.76. The zero-order chi connectivity index (χ0) is 22.5. The van der Waals surface area contributed by atoms with Crippen LogP contribution in [0.1, 0.15) is 38.1 Å². The third kappa shape index (κ3) is 4.07. The van der Waals surface area contributed by atoms with E-state index in [-0.39, 0.29) is 27.3 Å². The lowest BCUT2D eigenvalue weighted by Crippen LogP contribution is -2.23. The van der Waals surface area contributed by atoms with Gasteiger partial charge in [-0.3, -0.25) is 9.59 Å². The topological polar surface area (TPSA) is 82.8 Å². The van der Waals surface area contributed by atoms with Gasteiger partial charge < -0.3 is 9.47 Å². The average molecular weight is 480 g/mol. The number of allylic oxidation sites excluding steroid dienone is 1. The fourth-order valence-corrected chi connectivity index (χ4v) is 4.95. The second-order valence-corrected chi connectivity index (χ2v) is 9.88. The van der Waals surface area contributed by atoms with Crippen molar-refractivity contribution in [2.45, 2.75) is 26.7 Å². The lowest BCUT2D eigenvalue weighted by molar-refractivity contribution is -0.132. The lowest BCUT2D eigenvalue weighted by Gasteiger charge is -2.08. The first-order valence-electron chi connectivity index (χ1n) is 9.42. The molecule has 0 N–H and O–H groups in total. The molecule has 0 radical (unpaired) electrons. The van der Waals surface area contributed by atoms with E-state index in [9.17, 15) is 9.59 Å². The molecular weight excluding hydrogens is 461 g/mol. The number of hydrogen-bond donors (Lipinski definition) is 0. The van der Waals surface area contributed by atoms with Crippen molar-refractivity contribution in [2.75, 3.05) is 7.11 Å². The SMILES string of the molecule is COc1cc(/C=c2/sc3nc([C@@H]4[C@@H](C=C(Cl)Cl)C4(C)C)nn3c2=O)ccc1OC(C)=O. The summed E-state index contributed by atoms with van der Waals surface area (Å²) < 4.78 is 12.4. The molecule has 2 heterocycles. The standard InChI is InChI=1S/C21H19Cl2N3O4S/c1-10(27)30-13-6-5-11(7-14(13)29-4)8-15-19(28)26-20(31-15)24-18(25-26)17-12(9-16(22)23)21(17,2)3/h5-9,12,17H,1-4H3/b15-8+/t12-,17+/m1/s1. The molecule has 10 heteroatoms. The number of carbonyl (C=O) groups is 1. The highest BCUT2D eigenvalue weighted by Gasteiger charge is 2.59. The summed E-state index contributed by atoms with van der Waals surface area (Å²) in [6.07, 6.45) is 3.52. The summed E-state index contributed by atoms with van der Waals surface area (Å²) in [5, 5.41) is 4.46. The van der Waals surface area contributed by atoms with Crippen molar-refractivity contribution < 1.29 is 14.3 Å². The number of halogens is 2. The number of hydrogen-bond acceptors (Lipinski definition) is 7. The maximum absolute atomic E-state index is 12.9. The molecule has 0 bridgehead atoms. The number of esters is 1. The lowest BCUT2D eigenvalue weighted by atomic mass is 10.1. The summed E-state index contributed by atoms with van der Waals surface area (Å²) in [5.41, 5.74) is 0.396. The first-order chi connectivity index (χ1) is 14.6. The van der Waals surface area contributed by atoms with Crippen molar-refractivity contribution >= 4 is 51.5 Å². The molecule has 0 amide bonds. The van der Waals surface area contributed by atoms with Crippen LogP contribution >= 0.6 is 34.5 Å². The van der Waals surface area contributed by atoms with Crippen molar-refractivity contribution in [2.24, 2.45) is 11.3 Å². The predicted octanol–water partition coefficient (Wildman–Crippen LogP) is 3.69. The van der Waals surface area contributed by atoms with Crippen LogP contribution in [-0.2, 0) is 4.79 Å². The number of benzene rings is 1. The van der Waals surface area contributed by atoms with Crippen molar-refractivity contribution in [1.29, 1.82) is 0 Å². The molecule has 1 fully saturated rings. The summed E-state index contributed by atoms with van der Waals surface area (Å²) in [6, 6.07) is 5.05. The van der Waals surface area contributed by atoms with E-state index in [2.05, 4.69) is 23.9 Å². The Kier molecular flexibility index (Phi) is 5.57. The minimum absolute atomic E-state index is 0.0528. The summed E-state index contributed by atoms with van der Waals surface area (Å²) in [5.74, 6) is 1.06. The van der Waals surface area contributed by atoms with Crippen LogP contribution in [0.2, 0.25) is 0 Å². The Morgan fingerprint density at radius 3 is 2.65 bits per heavy atom. The van der Waals surface area contributed by atoms with E-state index in [1.165, 1.54) is 29.9 Å². The maximum atomic E-state index is 12.9. The largest absolute Gasteiger partial charge is 0.493 e. The van der Waals surface area contributed by atoms with Crippen LogP contribution in [0.15, 0.2) is 33.6 Å². The van der Waals surface area contributed by atoms with Gasteiger partial charge in [0, 0.05) is 12.8 Å². The summed E-state index contributed by atoms with van der Waals surface area (Å²) in [7, 11) is 1.48. The zero-order valence-electron chi connectivity index (χ0n) is 17.2. The normalized spacial score (nSPS) is 20.0. The van der Waals surface area contributed by atoms with Gasteiger partial charge in [0.15, 0.2) is 17.3 Å². The van der Waals surface area contributed by atoms with Gasteiger partial charge in [0.05, 0.1) is 11.6 Å². The Morgan fingerprint density at radius 2 is 2.03 bits per heavy atom. The molecule has 4 rings (SSSR count). The Hall–Kier alpha value is -2.42. The highest BCUT2D eigenvalue weighted by atomic mass is 35.5. The van der Waals surface area contributed by atoms with E-state index in [1.807, 2.05) is 0 Å². The zero-order valence-corrected chi connectivity index (χ0v) is 19.5. The smallest absolute Gasteiger partial charge is 0.308 e. The van der Waals surface area contributed by atoms with E-state index in [1.54, 1.807) is 30.4 Å². The molecule has 1 aliphatic rings. The van der Waals surface area contributed by atoms with Gasteiger partial charge in [-0.25, -0.2) is 4.98 Å². The van der Waals surface area contributed by atoms with Crippen molar-refractivity contribution in [3.05, 3.63) is 55.0 Å². The molecule has 31 heavy (non-hydrogen) atoms. The van der Waals surface area contributed by atoms with E-state index < -0.39 is 5.97 Å². The van der Waals surface area contributed by atoms with E-state index in [4.69, 9.17) is 32.7 Å². The minimum Gasteiger partial charge on any atom is -0.493 e.